The molecule has 1 aromatic heterocycles. The normalized spacial score (nSPS) is 10.2. The van der Waals surface area contributed by atoms with Gasteiger partial charge in [0, 0.05) is 17.1 Å². The minimum absolute atomic E-state index is 0.380. The van der Waals surface area contributed by atoms with Crippen molar-refractivity contribution in [3.8, 4) is 0 Å². The maximum atomic E-state index is 11.7. The van der Waals surface area contributed by atoms with Gasteiger partial charge in [0.2, 0.25) is 0 Å². The number of esters is 2. The smallest absolute Gasteiger partial charge is 0.344 e. The number of carbonyl (C=O) groups excluding carboxylic acids is 2. The summed E-state index contributed by atoms with van der Waals surface area (Å²) in [7, 11) is 1.24. The SMILES string of the molecule is COC(=O)COC(=O)c1c[nH]c2ccccc12. The zero-order chi connectivity index (χ0) is 12.3. The Hall–Kier alpha value is -2.30. The summed E-state index contributed by atoms with van der Waals surface area (Å²) < 4.78 is 9.20. The molecular formula is C12H11NO4. The third kappa shape index (κ3) is 2.28. The highest BCUT2D eigenvalue weighted by Gasteiger charge is 2.14. The number of ether oxygens (including phenoxy) is 2. The molecule has 0 saturated heterocycles. The van der Waals surface area contributed by atoms with Gasteiger partial charge in [-0.05, 0) is 6.07 Å². The van der Waals surface area contributed by atoms with E-state index in [4.69, 9.17) is 4.74 Å². The summed E-state index contributed by atoms with van der Waals surface area (Å²) in [4.78, 5) is 25.5. The number of carbonyl (C=O) groups is 2. The number of benzene rings is 1. The Bertz CT molecular complexity index is 558. The summed E-state index contributed by atoms with van der Waals surface area (Å²) in [6.07, 6.45) is 1.56. The van der Waals surface area contributed by atoms with Crippen molar-refractivity contribution in [2.45, 2.75) is 0 Å². The highest BCUT2D eigenvalue weighted by atomic mass is 16.6. The van der Waals surface area contributed by atoms with Gasteiger partial charge in [-0.25, -0.2) is 9.59 Å². The largest absolute Gasteiger partial charge is 0.466 e. The molecule has 0 fully saturated rings. The summed E-state index contributed by atoms with van der Waals surface area (Å²) >= 11 is 0. The summed E-state index contributed by atoms with van der Waals surface area (Å²) in [6.45, 7) is -0.380. The number of rotatable bonds is 3. The molecule has 1 heterocycles. The Morgan fingerprint density at radius 3 is 2.82 bits per heavy atom. The first-order chi connectivity index (χ1) is 8.22. The molecule has 17 heavy (non-hydrogen) atoms. The topological polar surface area (TPSA) is 68.4 Å². The summed E-state index contributed by atoms with van der Waals surface area (Å²) in [5, 5.41) is 0.766. The molecule has 0 bridgehead atoms. The molecule has 0 radical (unpaired) electrons. The monoisotopic (exact) mass is 233 g/mol. The van der Waals surface area contributed by atoms with Crippen molar-refractivity contribution in [2.75, 3.05) is 13.7 Å². The molecule has 0 aliphatic carbocycles. The number of hydrogen-bond donors (Lipinski definition) is 1. The number of aromatic nitrogens is 1. The maximum absolute atomic E-state index is 11.7. The lowest BCUT2D eigenvalue weighted by Crippen LogP contribution is -2.14. The fourth-order valence-corrected chi connectivity index (χ4v) is 1.50. The molecule has 2 aromatic rings. The number of fused-ring (bicyclic) bond motifs is 1. The molecule has 0 amide bonds. The molecule has 0 aliphatic rings. The first-order valence-corrected chi connectivity index (χ1v) is 5.02. The molecule has 0 unspecified atom stereocenters. The third-order valence-electron chi connectivity index (χ3n) is 2.36. The summed E-state index contributed by atoms with van der Waals surface area (Å²) in [5.74, 6) is -1.13. The molecule has 0 spiro atoms. The van der Waals surface area contributed by atoms with Crippen molar-refractivity contribution < 1.29 is 19.1 Å². The van der Waals surface area contributed by atoms with Crippen LogP contribution in [-0.4, -0.2) is 30.6 Å². The van der Waals surface area contributed by atoms with Gasteiger partial charge in [0.1, 0.15) is 0 Å². The van der Waals surface area contributed by atoms with Crippen LogP contribution in [0.3, 0.4) is 0 Å². The Labute approximate surface area is 97.3 Å². The van der Waals surface area contributed by atoms with Crippen LogP contribution >= 0.6 is 0 Å². The standard InChI is InChI=1S/C12H11NO4/c1-16-11(14)7-17-12(15)9-6-13-10-5-3-2-4-8(9)10/h2-6,13H,7H2,1H3. The Balaban J connectivity index is 2.17. The van der Waals surface area contributed by atoms with E-state index in [0.717, 1.165) is 10.9 Å². The van der Waals surface area contributed by atoms with Crippen LogP contribution < -0.4 is 0 Å². The quantitative estimate of drug-likeness (QED) is 0.815. The fourth-order valence-electron chi connectivity index (χ4n) is 1.50. The van der Waals surface area contributed by atoms with Crippen LogP contribution in [0.1, 0.15) is 10.4 Å². The molecule has 0 atom stereocenters. The van der Waals surface area contributed by atoms with Gasteiger partial charge in [-0.1, -0.05) is 18.2 Å². The lowest BCUT2D eigenvalue weighted by atomic mass is 10.2. The molecule has 5 heteroatoms. The fraction of sp³-hybridized carbons (Fsp3) is 0.167. The minimum atomic E-state index is -0.585. The van der Waals surface area contributed by atoms with Crippen LogP contribution in [0.25, 0.3) is 10.9 Å². The van der Waals surface area contributed by atoms with E-state index < -0.39 is 11.9 Å². The van der Waals surface area contributed by atoms with Crippen molar-refractivity contribution >= 4 is 22.8 Å². The average molecular weight is 233 g/mol. The number of methoxy groups -OCH3 is 1. The predicted molar refractivity (Wildman–Crippen MR) is 60.6 cm³/mol. The van der Waals surface area contributed by atoms with E-state index in [2.05, 4.69) is 9.72 Å². The van der Waals surface area contributed by atoms with Gasteiger partial charge < -0.3 is 14.5 Å². The van der Waals surface area contributed by atoms with E-state index >= 15 is 0 Å². The number of hydrogen-bond acceptors (Lipinski definition) is 4. The van der Waals surface area contributed by atoms with E-state index in [1.54, 1.807) is 12.3 Å². The molecule has 1 N–H and O–H groups in total. The second-order valence-electron chi connectivity index (χ2n) is 3.40. The first-order valence-electron chi connectivity index (χ1n) is 5.02. The molecule has 88 valence electrons. The van der Waals surface area contributed by atoms with Crippen molar-refractivity contribution in [2.24, 2.45) is 0 Å². The number of para-hydroxylation sites is 1. The zero-order valence-corrected chi connectivity index (χ0v) is 9.23. The van der Waals surface area contributed by atoms with E-state index in [0.29, 0.717) is 5.56 Å². The molecule has 5 nitrogen and oxygen atoms in total. The van der Waals surface area contributed by atoms with Gasteiger partial charge >= 0.3 is 11.9 Å². The summed E-state index contributed by atoms with van der Waals surface area (Å²) in [6, 6.07) is 7.35. The minimum Gasteiger partial charge on any atom is -0.466 e. The van der Waals surface area contributed by atoms with Gasteiger partial charge in [0.15, 0.2) is 6.61 Å². The van der Waals surface area contributed by atoms with Crippen molar-refractivity contribution in [1.82, 2.24) is 4.98 Å². The van der Waals surface area contributed by atoms with Gasteiger partial charge in [-0.2, -0.15) is 0 Å². The van der Waals surface area contributed by atoms with Crippen LogP contribution in [0.15, 0.2) is 30.5 Å². The third-order valence-corrected chi connectivity index (χ3v) is 2.36. The lowest BCUT2D eigenvalue weighted by molar-refractivity contribution is -0.144. The molecular weight excluding hydrogens is 222 g/mol. The van der Waals surface area contributed by atoms with E-state index in [1.807, 2.05) is 18.2 Å². The Morgan fingerprint density at radius 2 is 2.06 bits per heavy atom. The first kappa shape index (κ1) is 11.2. The van der Waals surface area contributed by atoms with E-state index in [9.17, 15) is 9.59 Å². The number of H-pyrrole nitrogens is 1. The lowest BCUT2D eigenvalue weighted by Gasteiger charge is -2.01. The average Bonchev–Trinajstić information content (AvgIpc) is 2.79. The molecule has 0 aliphatic heterocycles. The van der Waals surface area contributed by atoms with Crippen molar-refractivity contribution in [3.63, 3.8) is 0 Å². The summed E-state index contributed by atoms with van der Waals surface area (Å²) in [5.41, 5.74) is 1.25. The Morgan fingerprint density at radius 1 is 1.29 bits per heavy atom. The van der Waals surface area contributed by atoms with Crippen LogP contribution in [0.5, 0.6) is 0 Å². The van der Waals surface area contributed by atoms with Crippen LogP contribution in [-0.2, 0) is 14.3 Å². The predicted octanol–water partition coefficient (Wildman–Crippen LogP) is 1.50. The van der Waals surface area contributed by atoms with Crippen molar-refractivity contribution in [3.05, 3.63) is 36.0 Å². The van der Waals surface area contributed by atoms with Crippen LogP contribution in [0.2, 0.25) is 0 Å². The highest BCUT2D eigenvalue weighted by molar-refractivity contribution is 6.04. The van der Waals surface area contributed by atoms with Crippen molar-refractivity contribution in [1.29, 1.82) is 0 Å². The molecule has 2 rings (SSSR count). The second kappa shape index (κ2) is 4.69. The second-order valence-corrected chi connectivity index (χ2v) is 3.40. The van der Waals surface area contributed by atoms with Gasteiger partial charge in [-0.15, -0.1) is 0 Å². The van der Waals surface area contributed by atoms with Crippen LogP contribution in [0.4, 0.5) is 0 Å². The zero-order valence-electron chi connectivity index (χ0n) is 9.23. The molecule has 1 aromatic carbocycles. The van der Waals surface area contributed by atoms with Gasteiger partial charge in [-0.3, -0.25) is 0 Å². The number of nitrogens with one attached hydrogen (secondary N) is 1. The Kier molecular flexibility index (Phi) is 3.09. The maximum Gasteiger partial charge on any atom is 0.344 e. The number of aromatic amines is 1. The van der Waals surface area contributed by atoms with Crippen LogP contribution in [0, 0.1) is 0 Å². The molecule has 0 saturated carbocycles. The van der Waals surface area contributed by atoms with Gasteiger partial charge in [0.25, 0.3) is 0 Å². The van der Waals surface area contributed by atoms with Gasteiger partial charge in [0.05, 0.1) is 12.7 Å². The van der Waals surface area contributed by atoms with E-state index in [-0.39, 0.29) is 6.61 Å². The highest BCUT2D eigenvalue weighted by Crippen LogP contribution is 2.18. The van der Waals surface area contributed by atoms with E-state index in [1.165, 1.54) is 7.11 Å².